The van der Waals surface area contributed by atoms with Crippen molar-refractivity contribution in [1.82, 2.24) is 9.13 Å². The third kappa shape index (κ3) is 4.55. The summed E-state index contributed by atoms with van der Waals surface area (Å²) < 4.78 is 35.9. The molecule has 0 saturated carbocycles. The predicted octanol–water partition coefficient (Wildman–Crippen LogP) is 13.3. The minimum atomic E-state index is -3.89. The molecule has 6 heteroatoms. The topological polar surface area (TPSA) is 53.2 Å². The van der Waals surface area contributed by atoms with Crippen LogP contribution >= 0.6 is 7.14 Å². The minimum Gasteiger partial charge on any atom is -0.455 e. The number of aromatic nitrogens is 2. The normalized spacial score (nSPS) is 12.4. The van der Waals surface area contributed by atoms with Crippen molar-refractivity contribution in [2.45, 2.75) is 0 Å². The summed E-state index contributed by atoms with van der Waals surface area (Å²) in [5.41, 5.74) is 8.74. The van der Waals surface area contributed by atoms with Gasteiger partial charge >= 0.3 is 0 Å². The molecule has 0 saturated heterocycles. The lowest BCUT2D eigenvalue weighted by Gasteiger charge is -2.23. The quantitative estimate of drug-likeness (QED) is 0.163. The molecule has 4 heterocycles. The Balaban J connectivity index is 1.22. The van der Waals surface area contributed by atoms with Crippen molar-refractivity contribution in [3.8, 4) is 11.4 Å². The van der Waals surface area contributed by atoms with E-state index in [4.69, 9.17) is 8.83 Å². The third-order valence-electron chi connectivity index (χ3n) is 12.4. The molecule has 0 unspecified atom stereocenters. The Labute approximate surface area is 343 Å². The van der Waals surface area contributed by atoms with Gasteiger partial charge in [-0.15, -0.1) is 0 Å². The van der Waals surface area contributed by atoms with Crippen LogP contribution in [0.1, 0.15) is 0 Å². The highest BCUT2D eigenvalue weighted by Crippen LogP contribution is 2.50. The van der Waals surface area contributed by atoms with Crippen LogP contribution in [0.4, 0.5) is 0 Å². The first kappa shape index (κ1) is 33.4. The first-order valence-corrected chi connectivity index (χ1v) is 21.9. The summed E-state index contributed by atoms with van der Waals surface area (Å²) in [6.45, 7) is 0. The summed E-state index contributed by atoms with van der Waals surface area (Å²) in [7, 11) is -3.89. The number of fused-ring (bicyclic) bond motifs is 12. The van der Waals surface area contributed by atoms with E-state index in [0.29, 0.717) is 27.1 Å². The molecule has 0 amide bonds. The van der Waals surface area contributed by atoms with E-state index in [-0.39, 0.29) is 0 Å². The van der Waals surface area contributed by atoms with Crippen LogP contribution in [-0.2, 0) is 4.57 Å². The highest BCUT2D eigenvalue weighted by atomic mass is 31.2. The summed E-state index contributed by atoms with van der Waals surface area (Å²) in [5.74, 6) is 0. The Morgan fingerprint density at radius 2 is 0.667 bits per heavy atom. The van der Waals surface area contributed by atoms with Crippen molar-refractivity contribution in [1.29, 1.82) is 0 Å². The van der Waals surface area contributed by atoms with E-state index in [9.17, 15) is 0 Å². The maximum Gasteiger partial charge on any atom is 0.178 e. The highest BCUT2D eigenvalue weighted by molar-refractivity contribution is 7.86. The van der Waals surface area contributed by atoms with Crippen molar-refractivity contribution in [2.24, 2.45) is 0 Å². The van der Waals surface area contributed by atoms with E-state index in [0.717, 1.165) is 87.7 Å². The van der Waals surface area contributed by atoms with Gasteiger partial charge in [0.1, 0.15) is 22.3 Å². The van der Waals surface area contributed by atoms with Gasteiger partial charge in [-0.3, -0.25) is 0 Å². The summed E-state index contributed by atoms with van der Waals surface area (Å²) >= 11 is 0. The summed E-state index contributed by atoms with van der Waals surface area (Å²) in [6, 6.07) is 68.8. The molecule has 282 valence electrons. The van der Waals surface area contributed by atoms with Gasteiger partial charge in [0.05, 0.1) is 32.7 Å². The van der Waals surface area contributed by atoms with Gasteiger partial charge < -0.3 is 22.5 Å². The second kappa shape index (κ2) is 12.5. The Kier molecular flexibility index (Phi) is 6.93. The van der Waals surface area contributed by atoms with Crippen molar-refractivity contribution >= 4 is 111 Å². The number of furan rings is 2. The zero-order valence-corrected chi connectivity index (χ0v) is 33.0. The second-order valence-corrected chi connectivity index (χ2v) is 18.3. The molecule has 0 spiro atoms. The van der Waals surface area contributed by atoms with E-state index in [1.807, 2.05) is 66.7 Å². The van der Waals surface area contributed by atoms with E-state index in [2.05, 4.69) is 143 Å². The Bertz CT molecular complexity index is 3600. The van der Waals surface area contributed by atoms with Crippen LogP contribution in [0.3, 0.4) is 0 Å². The molecular weight excluding hydrogens is 756 g/mol. The van der Waals surface area contributed by atoms with Gasteiger partial charge in [0.25, 0.3) is 0 Å². The van der Waals surface area contributed by atoms with Gasteiger partial charge in [0, 0.05) is 59.8 Å². The molecule has 9 aromatic carbocycles. The minimum absolute atomic E-state index is 0.597. The molecule has 0 radical (unpaired) electrons. The molecule has 13 rings (SSSR count). The molecule has 13 aromatic rings. The number of hydrogen-bond acceptors (Lipinski definition) is 3. The average Bonchev–Trinajstić information content (AvgIpc) is 4.06. The standard InChI is InChI=1S/C54H33N2O3P/c57-60(36-16-2-1-3-17-36,51-32-34(30-43-41-22-8-14-28-49(41)58-53(43)51)55-45-24-10-4-18-37(45)38-19-5-11-25-46(38)55)52-33-35(31-44-42-23-9-15-29-50(42)59-54(44)52)56-47-26-12-6-20-39(47)40-21-7-13-27-48(40)56/h1-33H. The van der Waals surface area contributed by atoms with Crippen LogP contribution in [0.5, 0.6) is 0 Å². The van der Waals surface area contributed by atoms with Crippen molar-refractivity contribution in [3.63, 3.8) is 0 Å². The van der Waals surface area contributed by atoms with E-state index >= 15 is 4.57 Å². The fourth-order valence-electron chi connectivity index (χ4n) is 9.76. The molecule has 0 aliphatic carbocycles. The fourth-order valence-corrected chi connectivity index (χ4v) is 12.7. The fraction of sp³-hybridized carbons (Fsp3) is 0. The van der Waals surface area contributed by atoms with Gasteiger partial charge in [-0.2, -0.15) is 0 Å². The predicted molar refractivity (Wildman–Crippen MR) is 249 cm³/mol. The summed E-state index contributed by atoms with van der Waals surface area (Å²) in [5, 5.41) is 10.2. The zero-order chi connectivity index (χ0) is 39.5. The van der Waals surface area contributed by atoms with Crippen LogP contribution in [-0.4, -0.2) is 9.13 Å². The number of benzene rings is 9. The Morgan fingerprint density at radius 1 is 0.333 bits per heavy atom. The molecule has 4 aromatic heterocycles. The van der Waals surface area contributed by atoms with Gasteiger partial charge in [0.2, 0.25) is 0 Å². The molecule has 0 fully saturated rings. The average molecular weight is 789 g/mol. The maximum atomic E-state index is 17.6. The molecule has 0 atom stereocenters. The monoisotopic (exact) mass is 788 g/mol. The molecular formula is C54H33N2O3P. The van der Waals surface area contributed by atoms with Gasteiger partial charge in [-0.05, 0) is 60.7 Å². The number of hydrogen-bond donors (Lipinski definition) is 0. The summed E-state index contributed by atoms with van der Waals surface area (Å²) in [4.78, 5) is 0. The Hall–Kier alpha value is -7.59. The number of rotatable bonds is 5. The van der Waals surface area contributed by atoms with Crippen LogP contribution < -0.4 is 15.9 Å². The lowest BCUT2D eigenvalue weighted by Crippen LogP contribution is -2.27. The van der Waals surface area contributed by atoms with Crippen molar-refractivity contribution < 1.29 is 13.4 Å². The van der Waals surface area contributed by atoms with Crippen LogP contribution in [0.15, 0.2) is 209 Å². The molecule has 0 bridgehead atoms. The molecule has 0 aliphatic rings. The highest BCUT2D eigenvalue weighted by Gasteiger charge is 2.38. The van der Waals surface area contributed by atoms with Gasteiger partial charge in [-0.25, -0.2) is 0 Å². The van der Waals surface area contributed by atoms with Gasteiger partial charge in [-0.1, -0.05) is 140 Å². The lowest BCUT2D eigenvalue weighted by molar-refractivity contribution is 0.591. The first-order valence-electron chi connectivity index (χ1n) is 20.2. The van der Waals surface area contributed by atoms with Crippen LogP contribution in [0.25, 0.3) is 98.9 Å². The third-order valence-corrected chi connectivity index (χ3v) is 15.4. The smallest absolute Gasteiger partial charge is 0.178 e. The number of para-hydroxylation sites is 6. The Morgan fingerprint density at radius 3 is 1.07 bits per heavy atom. The second-order valence-electron chi connectivity index (χ2n) is 15.6. The molecule has 0 aliphatic heterocycles. The van der Waals surface area contributed by atoms with E-state index < -0.39 is 7.14 Å². The lowest BCUT2D eigenvalue weighted by atomic mass is 10.1. The number of nitrogens with zero attached hydrogens (tertiary/aromatic N) is 2. The van der Waals surface area contributed by atoms with E-state index in [1.165, 1.54) is 0 Å². The zero-order valence-electron chi connectivity index (χ0n) is 32.1. The maximum absolute atomic E-state index is 17.6. The summed E-state index contributed by atoms with van der Waals surface area (Å²) in [6.07, 6.45) is 0. The van der Waals surface area contributed by atoms with Crippen molar-refractivity contribution in [2.75, 3.05) is 0 Å². The molecule has 0 N–H and O–H groups in total. The SMILES string of the molecule is O=P(c1ccccc1)(c1cc(-n2c3ccccc3c3ccccc32)cc2c1oc1ccccc12)c1cc(-n2c3ccccc3c3ccccc32)cc2c1oc1ccccc12. The molecule has 60 heavy (non-hydrogen) atoms. The first-order chi connectivity index (χ1) is 29.6. The van der Waals surface area contributed by atoms with E-state index in [1.54, 1.807) is 0 Å². The van der Waals surface area contributed by atoms with Crippen molar-refractivity contribution in [3.05, 3.63) is 200 Å². The van der Waals surface area contributed by atoms with Crippen LogP contribution in [0.2, 0.25) is 0 Å². The van der Waals surface area contributed by atoms with Gasteiger partial charge in [0.15, 0.2) is 7.14 Å². The van der Waals surface area contributed by atoms with Crippen LogP contribution in [0, 0.1) is 0 Å². The molecule has 5 nitrogen and oxygen atoms in total. The largest absolute Gasteiger partial charge is 0.455 e.